The Morgan fingerprint density at radius 1 is 1.23 bits per heavy atom. The minimum atomic E-state index is 0.141. The molecule has 1 aliphatic carbocycles. The van der Waals surface area contributed by atoms with Crippen LogP contribution in [0, 0.1) is 5.92 Å². The summed E-state index contributed by atoms with van der Waals surface area (Å²) in [4.78, 5) is 12.0. The number of aromatic nitrogens is 2. The van der Waals surface area contributed by atoms with E-state index in [0.717, 1.165) is 30.4 Å². The Morgan fingerprint density at radius 3 is 2.86 bits per heavy atom. The molecule has 1 aromatic heterocycles. The molecule has 22 heavy (non-hydrogen) atoms. The fourth-order valence-corrected chi connectivity index (χ4v) is 2.74. The van der Waals surface area contributed by atoms with Crippen LogP contribution < -0.4 is 5.32 Å². The van der Waals surface area contributed by atoms with Gasteiger partial charge < -0.3 is 5.32 Å². The van der Waals surface area contributed by atoms with E-state index in [2.05, 4.69) is 34.7 Å². The van der Waals surface area contributed by atoms with E-state index in [4.69, 9.17) is 0 Å². The van der Waals surface area contributed by atoms with Crippen LogP contribution in [0.5, 0.6) is 0 Å². The summed E-state index contributed by atoms with van der Waals surface area (Å²) in [6.45, 7) is 1.32. The lowest BCUT2D eigenvalue weighted by atomic mass is 9.94. The van der Waals surface area contributed by atoms with Gasteiger partial charge in [-0.2, -0.15) is 5.10 Å². The zero-order valence-electron chi connectivity index (χ0n) is 12.6. The minimum absolute atomic E-state index is 0.141. The molecule has 0 saturated carbocycles. The summed E-state index contributed by atoms with van der Waals surface area (Å²) in [7, 11) is 0. The predicted molar refractivity (Wildman–Crippen MR) is 87.2 cm³/mol. The zero-order valence-corrected chi connectivity index (χ0v) is 12.6. The van der Waals surface area contributed by atoms with Crippen molar-refractivity contribution in [2.24, 2.45) is 5.92 Å². The molecule has 4 heteroatoms. The van der Waals surface area contributed by atoms with Crippen molar-refractivity contribution in [3.8, 4) is 11.1 Å². The van der Waals surface area contributed by atoms with Gasteiger partial charge in [-0.1, -0.05) is 42.5 Å². The fraction of sp³-hybridized carbons (Fsp3) is 0.333. The molecule has 0 aliphatic heterocycles. The van der Waals surface area contributed by atoms with Gasteiger partial charge in [0.2, 0.25) is 5.91 Å². The fourth-order valence-electron chi connectivity index (χ4n) is 2.74. The smallest absolute Gasteiger partial charge is 0.223 e. The molecular weight excluding hydrogens is 274 g/mol. The van der Waals surface area contributed by atoms with E-state index in [1.807, 2.05) is 35.3 Å². The van der Waals surface area contributed by atoms with Crippen molar-refractivity contribution in [2.75, 3.05) is 6.54 Å². The molecule has 0 spiro atoms. The van der Waals surface area contributed by atoms with Crippen molar-refractivity contribution in [1.82, 2.24) is 15.1 Å². The van der Waals surface area contributed by atoms with Crippen LogP contribution >= 0.6 is 0 Å². The number of carbonyl (C=O) groups is 1. The molecular formula is C18H21N3O. The third kappa shape index (κ3) is 3.64. The van der Waals surface area contributed by atoms with E-state index in [-0.39, 0.29) is 11.8 Å². The van der Waals surface area contributed by atoms with Gasteiger partial charge in [0.25, 0.3) is 0 Å². The second-order valence-electron chi connectivity index (χ2n) is 5.63. The molecule has 114 valence electrons. The lowest BCUT2D eigenvalue weighted by Gasteiger charge is -2.17. The number of nitrogens with zero attached hydrogens (tertiary/aromatic N) is 2. The van der Waals surface area contributed by atoms with Crippen LogP contribution in [-0.4, -0.2) is 22.2 Å². The molecule has 1 N–H and O–H groups in total. The normalized spacial score (nSPS) is 17.4. The average Bonchev–Trinajstić information content (AvgIpc) is 3.05. The Hall–Kier alpha value is -2.36. The highest BCUT2D eigenvalue weighted by Gasteiger charge is 2.17. The highest BCUT2D eigenvalue weighted by atomic mass is 16.1. The molecule has 3 rings (SSSR count). The Kier molecular flexibility index (Phi) is 4.68. The molecule has 0 unspecified atom stereocenters. The first-order valence-corrected chi connectivity index (χ1v) is 7.83. The van der Waals surface area contributed by atoms with Gasteiger partial charge >= 0.3 is 0 Å². The maximum Gasteiger partial charge on any atom is 0.223 e. The number of amides is 1. The highest BCUT2D eigenvalue weighted by Crippen LogP contribution is 2.18. The maximum atomic E-state index is 12.0. The van der Waals surface area contributed by atoms with Crippen molar-refractivity contribution in [1.29, 1.82) is 0 Å². The van der Waals surface area contributed by atoms with E-state index in [1.165, 1.54) is 0 Å². The molecule has 0 bridgehead atoms. The Morgan fingerprint density at radius 2 is 2.09 bits per heavy atom. The molecule has 1 heterocycles. The summed E-state index contributed by atoms with van der Waals surface area (Å²) < 4.78 is 1.88. The number of allylic oxidation sites excluding steroid dienone is 2. The van der Waals surface area contributed by atoms with E-state index in [0.29, 0.717) is 13.1 Å². The van der Waals surface area contributed by atoms with Gasteiger partial charge in [-0.15, -0.1) is 0 Å². The zero-order chi connectivity index (χ0) is 15.2. The van der Waals surface area contributed by atoms with Crippen LogP contribution in [0.15, 0.2) is 54.9 Å². The van der Waals surface area contributed by atoms with Crippen LogP contribution in [0.4, 0.5) is 0 Å². The molecule has 0 saturated heterocycles. The lowest BCUT2D eigenvalue weighted by molar-refractivity contribution is -0.125. The topological polar surface area (TPSA) is 46.9 Å². The number of rotatable bonds is 5. The molecule has 1 atom stereocenters. The Labute approximate surface area is 130 Å². The summed E-state index contributed by atoms with van der Waals surface area (Å²) in [5.41, 5.74) is 2.26. The molecule has 2 aromatic rings. The summed E-state index contributed by atoms with van der Waals surface area (Å²) in [5, 5.41) is 7.37. The third-order valence-corrected chi connectivity index (χ3v) is 4.02. The van der Waals surface area contributed by atoms with Gasteiger partial charge in [-0.25, -0.2) is 0 Å². The van der Waals surface area contributed by atoms with E-state index in [1.54, 1.807) is 0 Å². The summed E-state index contributed by atoms with van der Waals surface area (Å²) in [6.07, 6.45) is 11.0. The molecule has 0 radical (unpaired) electrons. The van der Waals surface area contributed by atoms with Crippen molar-refractivity contribution < 1.29 is 4.79 Å². The molecule has 1 aromatic carbocycles. The standard InChI is InChI=1S/C18H21N3O/c22-18(16-9-5-2-6-10-16)19-11-12-21-14-17(13-20-21)15-7-3-1-4-8-15/h1-5,7-8,13-14,16H,6,9-12H2,(H,19,22)/t16-/m0/s1. The van der Waals surface area contributed by atoms with Gasteiger partial charge in [0.1, 0.15) is 0 Å². The second-order valence-corrected chi connectivity index (χ2v) is 5.63. The van der Waals surface area contributed by atoms with Crippen LogP contribution in [0.2, 0.25) is 0 Å². The lowest BCUT2D eigenvalue weighted by Crippen LogP contribution is -2.33. The highest BCUT2D eigenvalue weighted by molar-refractivity contribution is 5.78. The summed E-state index contributed by atoms with van der Waals surface area (Å²) in [6, 6.07) is 10.2. The first kappa shape index (κ1) is 14.6. The predicted octanol–water partition coefficient (Wildman–Crippen LogP) is 3.02. The molecule has 1 amide bonds. The molecule has 1 aliphatic rings. The van der Waals surface area contributed by atoms with Gasteiger partial charge in [0.05, 0.1) is 12.7 Å². The van der Waals surface area contributed by atoms with Crippen molar-refractivity contribution >= 4 is 5.91 Å². The van der Waals surface area contributed by atoms with E-state index in [9.17, 15) is 4.79 Å². The van der Waals surface area contributed by atoms with Gasteiger partial charge in [0, 0.05) is 24.2 Å². The average molecular weight is 295 g/mol. The number of hydrogen-bond donors (Lipinski definition) is 1. The van der Waals surface area contributed by atoms with Crippen LogP contribution in [0.1, 0.15) is 19.3 Å². The van der Waals surface area contributed by atoms with Crippen molar-refractivity contribution in [3.63, 3.8) is 0 Å². The largest absolute Gasteiger partial charge is 0.354 e. The van der Waals surface area contributed by atoms with E-state index >= 15 is 0 Å². The number of hydrogen-bond acceptors (Lipinski definition) is 2. The number of nitrogens with one attached hydrogen (secondary N) is 1. The summed E-state index contributed by atoms with van der Waals surface area (Å²) >= 11 is 0. The van der Waals surface area contributed by atoms with E-state index < -0.39 is 0 Å². The summed E-state index contributed by atoms with van der Waals surface area (Å²) in [5.74, 6) is 0.308. The van der Waals surface area contributed by atoms with Crippen LogP contribution in [-0.2, 0) is 11.3 Å². The maximum absolute atomic E-state index is 12.0. The Balaban J connectivity index is 1.49. The first-order valence-electron chi connectivity index (χ1n) is 7.83. The van der Waals surface area contributed by atoms with Crippen LogP contribution in [0.3, 0.4) is 0 Å². The number of carbonyl (C=O) groups excluding carboxylic acids is 1. The van der Waals surface area contributed by atoms with Crippen LogP contribution in [0.25, 0.3) is 11.1 Å². The SMILES string of the molecule is O=C(NCCn1cc(-c2ccccc2)cn1)[C@H]1CC=CCC1. The first-order chi connectivity index (χ1) is 10.8. The van der Waals surface area contributed by atoms with Gasteiger partial charge in [-0.05, 0) is 24.8 Å². The molecule has 0 fully saturated rings. The van der Waals surface area contributed by atoms with Crippen molar-refractivity contribution in [3.05, 3.63) is 54.9 Å². The second kappa shape index (κ2) is 7.07. The third-order valence-electron chi connectivity index (χ3n) is 4.02. The molecule has 4 nitrogen and oxygen atoms in total. The van der Waals surface area contributed by atoms with Crippen molar-refractivity contribution in [2.45, 2.75) is 25.8 Å². The number of benzene rings is 1. The monoisotopic (exact) mass is 295 g/mol. The van der Waals surface area contributed by atoms with Gasteiger partial charge in [-0.3, -0.25) is 9.48 Å². The Bertz CT molecular complexity index is 645. The van der Waals surface area contributed by atoms with Gasteiger partial charge in [0.15, 0.2) is 0 Å². The minimum Gasteiger partial charge on any atom is -0.354 e. The quantitative estimate of drug-likeness (QED) is 0.862.